The molecule has 0 amide bonds. The number of fused-ring (bicyclic) bond motifs is 1. The summed E-state index contributed by atoms with van der Waals surface area (Å²) in [7, 11) is 4.08. The van der Waals surface area contributed by atoms with E-state index < -0.39 is 0 Å². The van der Waals surface area contributed by atoms with E-state index in [1.165, 1.54) is 20.9 Å². The molecule has 3 nitrogen and oxygen atoms in total. The molecule has 0 N–H and O–H groups in total. The van der Waals surface area contributed by atoms with Gasteiger partial charge in [-0.1, -0.05) is 48.3 Å². The Balaban J connectivity index is 1.51. The maximum atomic E-state index is 5.96. The van der Waals surface area contributed by atoms with Crippen molar-refractivity contribution >= 4 is 51.5 Å². The van der Waals surface area contributed by atoms with E-state index in [0.717, 1.165) is 23.6 Å². The van der Waals surface area contributed by atoms with E-state index in [1.54, 1.807) is 11.3 Å². The van der Waals surface area contributed by atoms with Crippen molar-refractivity contribution in [3.8, 4) is 0 Å². The van der Waals surface area contributed by atoms with Crippen LogP contribution in [0.15, 0.2) is 77.7 Å². The van der Waals surface area contributed by atoms with Gasteiger partial charge in [-0.3, -0.25) is 0 Å². The monoisotopic (exact) mass is 413 g/mol. The molecule has 0 spiro atoms. The number of nitrogens with zero attached hydrogens (tertiary/aromatic N) is 2. The maximum absolute atomic E-state index is 5.96. The van der Waals surface area contributed by atoms with Crippen LogP contribution >= 0.6 is 11.3 Å². The molecule has 0 aliphatic heterocycles. The molecule has 0 bridgehead atoms. The molecule has 0 aliphatic rings. The maximum Gasteiger partial charge on any atom is 0.263 e. The lowest BCUT2D eigenvalue weighted by Crippen LogP contribution is -2.33. The number of rotatable bonds is 7. The highest BCUT2D eigenvalue weighted by molar-refractivity contribution is 7.18. The number of benzene rings is 2. The smallest absolute Gasteiger partial charge is 0.263 e. The molecule has 2 heterocycles. The van der Waals surface area contributed by atoms with Gasteiger partial charge in [-0.25, -0.2) is 0 Å². The summed E-state index contributed by atoms with van der Waals surface area (Å²) in [6.07, 6.45) is 10.1. The second-order valence-electron chi connectivity index (χ2n) is 7.20. The molecule has 0 saturated heterocycles. The molecule has 4 aromatic rings. The first kappa shape index (κ1) is 19.9. The van der Waals surface area contributed by atoms with Gasteiger partial charge >= 0.3 is 0 Å². The standard InChI is InChI=1S/C26H25N2OS/c1-4-19-28-24-7-5-6-8-25(24)30-26(28)18-17-23-16-15-22(29-23)14-11-20-9-12-21(13-10-20)27(2)3/h4-18H,1,19H2,2-3H3/q+1. The summed E-state index contributed by atoms with van der Waals surface area (Å²) in [4.78, 5) is 2.09. The molecular formula is C26H25N2OS+. The lowest BCUT2D eigenvalue weighted by Gasteiger charge is -2.11. The van der Waals surface area contributed by atoms with Crippen LogP contribution in [0.2, 0.25) is 0 Å². The van der Waals surface area contributed by atoms with Crippen LogP contribution in [0.25, 0.3) is 34.5 Å². The fraction of sp³-hybridized carbons (Fsp3) is 0.115. The minimum absolute atomic E-state index is 0.780. The molecule has 150 valence electrons. The fourth-order valence-corrected chi connectivity index (χ4v) is 4.33. The highest BCUT2D eigenvalue weighted by Crippen LogP contribution is 2.23. The normalized spacial score (nSPS) is 11.7. The Hall–Kier alpha value is -3.37. The van der Waals surface area contributed by atoms with E-state index in [2.05, 4.69) is 76.7 Å². The molecule has 0 aliphatic carbocycles. The minimum Gasteiger partial charge on any atom is -0.457 e. The lowest BCUT2D eigenvalue weighted by molar-refractivity contribution is -0.658. The van der Waals surface area contributed by atoms with Gasteiger partial charge in [-0.15, -0.1) is 0 Å². The zero-order valence-electron chi connectivity index (χ0n) is 17.3. The summed E-state index contributed by atoms with van der Waals surface area (Å²) in [5.41, 5.74) is 3.56. The highest BCUT2D eigenvalue weighted by atomic mass is 32.1. The minimum atomic E-state index is 0.780. The number of anilines is 1. The van der Waals surface area contributed by atoms with Gasteiger partial charge in [0.15, 0.2) is 6.54 Å². The van der Waals surface area contributed by atoms with Crippen LogP contribution in [-0.4, -0.2) is 14.1 Å². The summed E-state index contributed by atoms with van der Waals surface area (Å²) >= 11 is 1.77. The van der Waals surface area contributed by atoms with Gasteiger partial charge in [-0.2, -0.15) is 4.57 Å². The molecule has 0 unspecified atom stereocenters. The zero-order chi connectivity index (χ0) is 20.9. The predicted octanol–water partition coefficient (Wildman–Crippen LogP) is 6.37. The van der Waals surface area contributed by atoms with Crippen LogP contribution in [0.5, 0.6) is 0 Å². The third kappa shape index (κ3) is 4.44. The van der Waals surface area contributed by atoms with Gasteiger partial charge in [0, 0.05) is 31.9 Å². The van der Waals surface area contributed by atoms with Crippen molar-refractivity contribution in [3.63, 3.8) is 0 Å². The summed E-state index contributed by atoms with van der Waals surface area (Å²) in [5.74, 6) is 1.67. The fourth-order valence-electron chi connectivity index (χ4n) is 3.26. The molecule has 4 heteroatoms. The molecule has 0 saturated carbocycles. The van der Waals surface area contributed by atoms with Crippen molar-refractivity contribution in [2.24, 2.45) is 0 Å². The highest BCUT2D eigenvalue weighted by Gasteiger charge is 2.16. The van der Waals surface area contributed by atoms with Gasteiger partial charge < -0.3 is 9.32 Å². The number of thiazole rings is 1. The average molecular weight is 414 g/mol. The second-order valence-corrected chi connectivity index (χ2v) is 8.26. The van der Waals surface area contributed by atoms with Crippen molar-refractivity contribution < 1.29 is 8.98 Å². The Labute approximate surface area is 181 Å². The van der Waals surface area contributed by atoms with Gasteiger partial charge in [0.25, 0.3) is 5.01 Å². The quantitative estimate of drug-likeness (QED) is 0.259. The Morgan fingerprint density at radius 2 is 1.60 bits per heavy atom. The van der Waals surface area contributed by atoms with Crippen molar-refractivity contribution in [1.29, 1.82) is 0 Å². The molecule has 4 rings (SSSR count). The Bertz CT molecular complexity index is 1210. The predicted molar refractivity (Wildman–Crippen MR) is 130 cm³/mol. The van der Waals surface area contributed by atoms with Crippen LogP contribution in [-0.2, 0) is 6.54 Å². The van der Waals surface area contributed by atoms with Crippen molar-refractivity contribution in [1.82, 2.24) is 0 Å². The Kier molecular flexibility index (Phi) is 5.96. The van der Waals surface area contributed by atoms with Crippen molar-refractivity contribution in [2.75, 3.05) is 19.0 Å². The van der Waals surface area contributed by atoms with Crippen molar-refractivity contribution in [3.05, 3.63) is 95.4 Å². The second kappa shape index (κ2) is 8.97. The van der Waals surface area contributed by atoms with Crippen LogP contribution < -0.4 is 9.47 Å². The van der Waals surface area contributed by atoms with E-state index >= 15 is 0 Å². The number of hydrogen-bond donors (Lipinski definition) is 0. The van der Waals surface area contributed by atoms with E-state index in [1.807, 2.05) is 44.5 Å². The third-order valence-electron chi connectivity index (χ3n) is 4.84. The molecule has 0 atom stereocenters. The molecule has 0 fully saturated rings. The van der Waals surface area contributed by atoms with Gasteiger partial charge in [0.05, 0.1) is 0 Å². The molecule has 30 heavy (non-hydrogen) atoms. The number of allylic oxidation sites excluding steroid dienone is 1. The lowest BCUT2D eigenvalue weighted by atomic mass is 10.2. The summed E-state index contributed by atoms with van der Waals surface area (Å²) in [6, 6.07) is 20.9. The largest absolute Gasteiger partial charge is 0.457 e. The molecule has 2 aromatic heterocycles. The first-order valence-electron chi connectivity index (χ1n) is 9.90. The van der Waals surface area contributed by atoms with Crippen LogP contribution in [0, 0.1) is 0 Å². The number of hydrogen-bond acceptors (Lipinski definition) is 3. The van der Waals surface area contributed by atoms with E-state index in [0.29, 0.717) is 0 Å². The van der Waals surface area contributed by atoms with Crippen LogP contribution in [0.3, 0.4) is 0 Å². The topological polar surface area (TPSA) is 20.3 Å². The van der Waals surface area contributed by atoms with Crippen LogP contribution in [0.1, 0.15) is 22.1 Å². The average Bonchev–Trinajstić information content (AvgIpc) is 3.36. The van der Waals surface area contributed by atoms with E-state index in [4.69, 9.17) is 4.42 Å². The summed E-state index contributed by atoms with van der Waals surface area (Å²) in [6.45, 7) is 4.68. The number of para-hydroxylation sites is 1. The van der Waals surface area contributed by atoms with Crippen molar-refractivity contribution in [2.45, 2.75) is 6.54 Å². The van der Waals surface area contributed by atoms with Crippen LogP contribution in [0.4, 0.5) is 5.69 Å². The third-order valence-corrected chi connectivity index (χ3v) is 5.97. The van der Waals surface area contributed by atoms with E-state index in [9.17, 15) is 0 Å². The molecule has 0 radical (unpaired) electrons. The van der Waals surface area contributed by atoms with E-state index in [-0.39, 0.29) is 0 Å². The first-order chi connectivity index (χ1) is 14.6. The van der Waals surface area contributed by atoms with Gasteiger partial charge in [0.2, 0.25) is 5.52 Å². The van der Waals surface area contributed by atoms with Gasteiger partial charge in [0.1, 0.15) is 16.2 Å². The summed E-state index contributed by atoms with van der Waals surface area (Å²) < 4.78 is 9.49. The molecular weight excluding hydrogens is 388 g/mol. The molecule has 2 aromatic carbocycles. The number of furan rings is 1. The first-order valence-corrected chi connectivity index (χ1v) is 10.7. The van der Waals surface area contributed by atoms with Gasteiger partial charge in [-0.05, 0) is 54.1 Å². The number of aromatic nitrogens is 1. The Morgan fingerprint density at radius 1 is 0.900 bits per heavy atom. The SMILES string of the molecule is C=CC[n+]1c(/C=C/c2ccc(/C=C/c3ccc(N(C)C)cc3)o2)sc2ccccc21. The summed E-state index contributed by atoms with van der Waals surface area (Å²) in [5, 5.41) is 1.17. The zero-order valence-corrected chi connectivity index (χ0v) is 18.1. The Morgan fingerprint density at radius 3 is 2.30 bits per heavy atom.